The number of morpholine rings is 1. The lowest BCUT2D eigenvalue weighted by molar-refractivity contribution is 0.0361. The minimum Gasteiger partial charge on any atom is -0.379 e. The second-order valence-electron chi connectivity index (χ2n) is 9.46. The smallest absolute Gasteiger partial charge is 0.252 e. The number of carbonyl (C=O) groups excluding carboxylic acids is 1. The molecule has 192 valence electrons. The molecule has 5 rings (SSSR count). The van der Waals surface area contributed by atoms with E-state index in [4.69, 9.17) is 16.2 Å². The van der Waals surface area contributed by atoms with Crippen molar-refractivity contribution >= 4 is 34.0 Å². The summed E-state index contributed by atoms with van der Waals surface area (Å²) < 4.78 is 23.3. The highest BCUT2D eigenvalue weighted by Crippen LogP contribution is 2.36. The van der Waals surface area contributed by atoms with Crippen LogP contribution in [0.15, 0.2) is 30.6 Å². The average Bonchev–Trinajstić information content (AvgIpc) is 3.30. The van der Waals surface area contributed by atoms with E-state index in [1.807, 2.05) is 10.7 Å². The Morgan fingerprint density at radius 2 is 2.03 bits per heavy atom. The first-order chi connectivity index (χ1) is 17.5. The average molecular weight is 497 g/mol. The van der Waals surface area contributed by atoms with Gasteiger partial charge in [-0.05, 0) is 31.0 Å². The van der Waals surface area contributed by atoms with Gasteiger partial charge in [0.05, 0.1) is 53.8 Å². The van der Waals surface area contributed by atoms with E-state index in [0.29, 0.717) is 42.0 Å². The number of nitrogens with zero attached hydrogens (tertiary/aromatic N) is 4. The Kier molecular flexibility index (Phi) is 7.30. The van der Waals surface area contributed by atoms with Crippen molar-refractivity contribution in [3.05, 3.63) is 42.0 Å². The fourth-order valence-electron chi connectivity index (χ4n) is 5.01. The zero-order chi connectivity index (χ0) is 25.1. The summed E-state index contributed by atoms with van der Waals surface area (Å²) in [4.78, 5) is 18.6. The van der Waals surface area contributed by atoms with E-state index in [0.717, 1.165) is 45.3 Å². The standard InChI is InChI=1S/C25H33FN8O2/c26-22-17-15-30-34(9-8-33-10-12-36-13-11-33)21(17)14-20(23(22)31-19-6-2-1-5-18(19)27)32-25-16(24(28)35)4-3-7-29-25/h3-4,7,14-15,18-19,31H,1-2,5-6,8-13,27H2,(H2,28,35)(H,29,32). The van der Waals surface area contributed by atoms with Crippen molar-refractivity contribution in [2.24, 2.45) is 11.5 Å². The summed E-state index contributed by atoms with van der Waals surface area (Å²) in [7, 11) is 0. The van der Waals surface area contributed by atoms with E-state index in [1.165, 1.54) is 0 Å². The van der Waals surface area contributed by atoms with E-state index in [1.54, 1.807) is 24.5 Å². The largest absolute Gasteiger partial charge is 0.379 e. The topological polar surface area (TPSA) is 136 Å². The number of fused-ring (bicyclic) bond motifs is 1. The van der Waals surface area contributed by atoms with Crippen LogP contribution in [0.25, 0.3) is 10.9 Å². The number of halogens is 1. The van der Waals surface area contributed by atoms with Gasteiger partial charge in [0, 0.05) is 37.9 Å². The molecule has 0 bridgehead atoms. The normalized spacial score (nSPS) is 20.9. The van der Waals surface area contributed by atoms with Crippen LogP contribution in [-0.4, -0.2) is 70.5 Å². The number of primary amides is 1. The Morgan fingerprint density at radius 1 is 1.22 bits per heavy atom. The number of hydrogen-bond acceptors (Lipinski definition) is 8. The van der Waals surface area contributed by atoms with Crippen LogP contribution < -0.4 is 22.1 Å². The molecule has 3 aromatic rings. The molecule has 10 nitrogen and oxygen atoms in total. The zero-order valence-corrected chi connectivity index (χ0v) is 20.3. The van der Waals surface area contributed by atoms with Crippen LogP contribution in [0.5, 0.6) is 0 Å². The Hall–Kier alpha value is -3.28. The van der Waals surface area contributed by atoms with Crippen LogP contribution in [0.2, 0.25) is 0 Å². The van der Waals surface area contributed by atoms with Crippen molar-refractivity contribution in [3.63, 3.8) is 0 Å². The second-order valence-corrected chi connectivity index (χ2v) is 9.46. The number of ether oxygens (including phenoxy) is 1. The van der Waals surface area contributed by atoms with Gasteiger partial charge in [-0.1, -0.05) is 12.8 Å². The maximum atomic E-state index is 16.0. The van der Waals surface area contributed by atoms with Gasteiger partial charge in [0.2, 0.25) is 0 Å². The SMILES string of the molecule is NC(=O)c1cccnc1Nc1cc2c(cnn2CCN2CCOCC2)c(F)c1NC1CCCCC1N. The van der Waals surface area contributed by atoms with Gasteiger partial charge in [0.15, 0.2) is 5.82 Å². The van der Waals surface area contributed by atoms with E-state index in [9.17, 15) is 4.79 Å². The Bertz CT molecular complexity index is 1230. The number of rotatable bonds is 8. The van der Waals surface area contributed by atoms with Gasteiger partial charge < -0.3 is 26.8 Å². The van der Waals surface area contributed by atoms with Crippen molar-refractivity contribution < 1.29 is 13.9 Å². The van der Waals surface area contributed by atoms with Crippen LogP contribution in [-0.2, 0) is 11.3 Å². The molecule has 1 amide bonds. The molecule has 2 aromatic heterocycles. The lowest BCUT2D eigenvalue weighted by atomic mass is 9.90. The molecule has 2 unspecified atom stereocenters. The summed E-state index contributed by atoms with van der Waals surface area (Å²) in [5, 5.41) is 11.4. The van der Waals surface area contributed by atoms with Gasteiger partial charge in [0.25, 0.3) is 5.91 Å². The third-order valence-electron chi connectivity index (χ3n) is 7.09. The molecular weight excluding hydrogens is 463 g/mol. The summed E-state index contributed by atoms with van der Waals surface area (Å²) in [5.74, 6) is -0.771. The van der Waals surface area contributed by atoms with E-state index < -0.39 is 11.7 Å². The molecule has 1 aromatic carbocycles. The van der Waals surface area contributed by atoms with Crippen LogP contribution >= 0.6 is 0 Å². The Balaban J connectivity index is 1.52. The maximum absolute atomic E-state index is 16.0. The third-order valence-corrected chi connectivity index (χ3v) is 7.09. The molecule has 6 N–H and O–H groups in total. The lowest BCUT2D eigenvalue weighted by Crippen LogP contribution is -2.42. The molecular formula is C25H33FN8O2. The van der Waals surface area contributed by atoms with Crippen molar-refractivity contribution in [1.29, 1.82) is 0 Å². The summed E-state index contributed by atoms with van der Waals surface area (Å²) in [6, 6.07) is 4.93. The van der Waals surface area contributed by atoms with Crippen molar-refractivity contribution in [2.45, 2.75) is 44.3 Å². The number of nitrogens with one attached hydrogen (secondary N) is 2. The maximum Gasteiger partial charge on any atom is 0.252 e. The van der Waals surface area contributed by atoms with Gasteiger partial charge >= 0.3 is 0 Å². The monoisotopic (exact) mass is 496 g/mol. The number of amides is 1. The molecule has 1 aliphatic heterocycles. The van der Waals surface area contributed by atoms with E-state index >= 15 is 4.39 Å². The van der Waals surface area contributed by atoms with Crippen molar-refractivity contribution in [2.75, 3.05) is 43.5 Å². The molecule has 1 saturated carbocycles. The van der Waals surface area contributed by atoms with Gasteiger partial charge in [-0.15, -0.1) is 0 Å². The predicted molar refractivity (Wildman–Crippen MR) is 137 cm³/mol. The summed E-state index contributed by atoms with van der Waals surface area (Å²) >= 11 is 0. The first-order valence-electron chi connectivity index (χ1n) is 12.5. The second kappa shape index (κ2) is 10.8. The van der Waals surface area contributed by atoms with E-state index in [-0.39, 0.29) is 23.5 Å². The molecule has 2 atom stereocenters. The third kappa shape index (κ3) is 5.13. The summed E-state index contributed by atoms with van der Waals surface area (Å²) in [6.45, 7) is 4.56. The molecule has 36 heavy (non-hydrogen) atoms. The first-order valence-corrected chi connectivity index (χ1v) is 12.5. The Labute approximate surface area is 209 Å². The summed E-state index contributed by atoms with van der Waals surface area (Å²) in [5.41, 5.74) is 13.5. The molecule has 1 saturated heterocycles. The number of hydrogen-bond donors (Lipinski definition) is 4. The van der Waals surface area contributed by atoms with Crippen LogP contribution in [0, 0.1) is 5.82 Å². The number of nitrogens with two attached hydrogens (primary N) is 2. The van der Waals surface area contributed by atoms with Gasteiger partial charge in [-0.25, -0.2) is 9.37 Å². The number of anilines is 3. The van der Waals surface area contributed by atoms with Crippen molar-refractivity contribution in [1.82, 2.24) is 19.7 Å². The first kappa shape index (κ1) is 24.4. The minimum atomic E-state index is -0.619. The number of aromatic nitrogens is 3. The fourth-order valence-corrected chi connectivity index (χ4v) is 5.01. The van der Waals surface area contributed by atoms with Crippen LogP contribution in [0.3, 0.4) is 0 Å². The molecule has 0 radical (unpaired) electrons. The number of benzene rings is 1. The Morgan fingerprint density at radius 3 is 2.81 bits per heavy atom. The summed E-state index contributed by atoms with van der Waals surface area (Å²) in [6.07, 6.45) is 6.96. The lowest BCUT2D eigenvalue weighted by Gasteiger charge is -2.31. The molecule has 2 fully saturated rings. The molecule has 1 aliphatic carbocycles. The van der Waals surface area contributed by atoms with Gasteiger partial charge in [0.1, 0.15) is 5.82 Å². The zero-order valence-electron chi connectivity index (χ0n) is 20.3. The molecule has 3 heterocycles. The quantitative estimate of drug-likeness (QED) is 0.373. The highest BCUT2D eigenvalue weighted by molar-refractivity contribution is 5.99. The highest BCUT2D eigenvalue weighted by atomic mass is 19.1. The predicted octanol–water partition coefficient (Wildman–Crippen LogP) is 2.43. The number of pyridine rings is 1. The van der Waals surface area contributed by atoms with Crippen molar-refractivity contribution in [3.8, 4) is 0 Å². The van der Waals surface area contributed by atoms with Crippen LogP contribution in [0.1, 0.15) is 36.0 Å². The molecule has 11 heteroatoms. The number of carbonyl (C=O) groups is 1. The van der Waals surface area contributed by atoms with Gasteiger partial charge in [-0.2, -0.15) is 5.10 Å². The van der Waals surface area contributed by atoms with Gasteiger partial charge in [-0.3, -0.25) is 14.4 Å². The minimum absolute atomic E-state index is 0.0676. The van der Waals surface area contributed by atoms with E-state index in [2.05, 4.69) is 25.6 Å². The molecule has 2 aliphatic rings. The van der Waals surface area contributed by atoms with Crippen LogP contribution in [0.4, 0.5) is 21.6 Å². The highest BCUT2D eigenvalue weighted by Gasteiger charge is 2.26. The fraction of sp³-hybridized carbons (Fsp3) is 0.480. The molecule has 0 spiro atoms.